The Bertz CT molecular complexity index is 1720. The Morgan fingerprint density at radius 3 is 2.73 bits per heavy atom. The maximum Gasteiger partial charge on any atom is 0.170 e. The standard InChI is InChI=1S/C27H19BrN6O2S/c28-18-3-1-2-17(12-18)15-36-20-6-9-24(37-21-7-4-19(35)5-8-21)23(13-20)33-26-22-14-29-25-10-11-32-34(25)27(22)31-16-30-26/h1-14,16,35H,15H2,(H,30,31,33). The molecule has 0 aliphatic heterocycles. The number of nitrogens with zero attached hydrogens (tertiary/aromatic N) is 5. The molecule has 0 amide bonds. The second-order valence-corrected chi connectivity index (χ2v) is 10.1. The minimum absolute atomic E-state index is 0.226. The lowest BCUT2D eigenvalue weighted by Crippen LogP contribution is -2.02. The Labute approximate surface area is 224 Å². The molecule has 0 aliphatic rings. The van der Waals surface area contributed by atoms with Crippen molar-refractivity contribution in [3.8, 4) is 11.5 Å². The lowest BCUT2D eigenvalue weighted by atomic mass is 10.2. The van der Waals surface area contributed by atoms with Crippen LogP contribution >= 0.6 is 27.7 Å². The van der Waals surface area contributed by atoms with Crippen molar-refractivity contribution in [1.82, 2.24) is 24.6 Å². The number of rotatable bonds is 7. The van der Waals surface area contributed by atoms with Gasteiger partial charge in [-0.1, -0.05) is 39.8 Å². The van der Waals surface area contributed by atoms with Crippen molar-refractivity contribution >= 4 is 55.9 Å². The lowest BCUT2D eigenvalue weighted by molar-refractivity contribution is 0.306. The molecule has 3 aromatic carbocycles. The molecular formula is C27H19BrN6O2S. The van der Waals surface area contributed by atoms with Crippen LogP contribution in [0.1, 0.15) is 5.56 Å². The number of halogens is 1. The van der Waals surface area contributed by atoms with Gasteiger partial charge >= 0.3 is 0 Å². The SMILES string of the molecule is Oc1ccc(Sc2ccc(OCc3cccc(Br)c3)cc2Nc2ncnc3c2cnc2ccnn23)cc1. The zero-order chi connectivity index (χ0) is 25.2. The highest BCUT2D eigenvalue weighted by molar-refractivity contribution is 9.10. The van der Waals surface area contributed by atoms with Crippen LogP contribution in [0.5, 0.6) is 11.5 Å². The summed E-state index contributed by atoms with van der Waals surface area (Å²) in [6.45, 7) is 0.432. The van der Waals surface area contributed by atoms with Crippen molar-refractivity contribution in [3.05, 3.63) is 102 Å². The fourth-order valence-electron chi connectivity index (χ4n) is 3.81. The highest BCUT2D eigenvalue weighted by Crippen LogP contribution is 2.38. The van der Waals surface area contributed by atoms with Crippen LogP contribution in [0.3, 0.4) is 0 Å². The van der Waals surface area contributed by atoms with E-state index in [0.717, 1.165) is 30.9 Å². The molecule has 0 unspecified atom stereocenters. The summed E-state index contributed by atoms with van der Waals surface area (Å²) in [6, 6.07) is 22.8. The van der Waals surface area contributed by atoms with Gasteiger partial charge in [0.2, 0.25) is 0 Å². The Morgan fingerprint density at radius 1 is 0.973 bits per heavy atom. The van der Waals surface area contributed by atoms with Crippen molar-refractivity contribution in [3.63, 3.8) is 0 Å². The minimum atomic E-state index is 0.226. The molecule has 0 saturated carbocycles. The van der Waals surface area contributed by atoms with Crippen molar-refractivity contribution in [2.45, 2.75) is 16.4 Å². The second-order valence-electron chi connectivity index (χ2n) is 8.12. The number of anilines is 2. The molecule has 0 radical (unpaired) electrons. The summed E-state index contributed by atoms with van der Waals surface area (Å²) in [6.07, 6.45) is 4.94. The third-order valence-corrected chi connectivity index (χ3v) is 7.15. The summed E-state index contributed by atoms with van der Waals surface area (Å²) in [5.74, 6) is 1.54. The Morgan fingerprint density at radius 2 is 1.86 bits per heavy atom. The van der Waals surface area contributed by atoms with E-state index in [2.05, 4.69) is 41.3 Å². The van der Waals surface area contributed by atoms with E-state index in [9.17, 15) is 5.11 Å². The minimum Gasteiger partial charge on any atom is -0.508 e. The average molecular weight is 571 g/mol. The topological polar surface area (TPSA) is 97.5 Å². The van der Waals surface area contributed by atoms with Gasteiger partial charge in [-0.3, -0.25) is 0 Å². The Kier molecular flexibility index (Phi) is 6.33. The fourth-order valence-corrected chi connectivity index (χ4v) is 5.14. The summed E-state index contributed by atoms with van der Waals surface area (Å²) in [4.78, 5) is 15.3. The van der Waals surface area contributed by atoms with Crippen LogP contribution in [0.25, 0.3) is 16.7 Å². The Balaban J connectivity index is 1.36. The first-order valence-electron chi connectivity index (χ1n) is 11.3. The third kappa shape index (κ3) is 5.07. The van der Waals surface area contributed by atoms with Gasteiger partial charge in [0, 0.05) is 32.6 Å². The Hall–Kier alpha value is -4.15. The van der Waals surface area contributed by atoms with Crippen LogP contribution in [-0.4, -0.2) is 29.7 Å². The predicted molar refractivity (Wildman–Crippen MR) is 147 cm³/mol. The summed E-state index contributed by atoms with van der Waals surface area (Å²) in [5, 5.41) is 18.2. The molecule has 0 aliphatic carbocycles. The predicted octanol–water partition coefficient (Wildman–Crippen LogP) is 6.61. The fraction of sp³-hybridized carbons (Fsp3) is 0.0370. The molecule has 10 heteroatoms. The maximum absolute atomic E-state index is 9.67. The number of nitrogens with one attached hydrogen (secondary N) is 1. The number of aromatic hydroxyl groups is 1. The molecule has 182 valence electrons. The van der Waals surface area contributed by atoms with Gasteiger partial charge in [0.15, 0.2) is 11.3 Å². The average Bonchev–Trinajstić information content (AvgIpc) is 3.40. The van der Waals surface area contributed by atoms with Crippen molar-refractivity contribution in [2.24, 2.45) is 0 Å². The molecule has 37 heavy (non-hydrogen) atoms. The van der Waals surface area contributed by atoms with Gasteiger partial charge < -0.3 is 15.2 Å². The van der Waals surface area contributed by atoms with Crippen LogP contribution in [-0.2, 0) is 6.61 Å². The van der Waals surface area contributed by atoms with Gasteiger partial charge in [-0.25, -0.2) is 15.0 Å². The first-order chi connectivity index (χ1) is 18.1. The van der Waals surface area contributed by atoms with Gasteiger partial charge in [-0.05, 0) is 54.1 Å². The lowest BCUT2D eigenvalue weighted by Gasteiger charge is -2.15. The van der Waals surface area contributed by atoms with E-state index >= 15 is 0 Å². The number of phenolic OH excluding ortho intramolecular Hbond substituents is 1. The van der Waals surface area contributed by atoms with E-state index in [1.54, 1.807) is 40.8 Å². The van der Waals surface area contributed by atoms with Gasteiger partial charge in [0.1, 0.15) is 30.3 Å². The van der Waals surface area contributed by atoms with E-state index in [-0.39, 0.29) is 5.75 Å². The monoisotopic (exact) mass is 570 g/mol. The smallest absolute Gasteiger partial charge is 0.170 e. The zero-order valence-corrected chi connectivity index (χ0v) is 21.6. The normalized spacial score (nSPS) is 11.2. The van der Waals surface area contributed by atoms with Crippen LogP contribution < -0.4 is 10.1 Å². The second kappa shape index (κ2) is 10.1. The van der Waals surface area contributed by atoms with Crippen molar-refractivity contribution in [1.29, 1.82) is 0 Å². The van der Waals surface area contributed by atoms with E-state index < -0.39 is 0 Å². The molecule has 0 bridgehead atoms. The van der Waals surface area contributed by atoms with Gasteiger partial charge in [0.05, 0.1) is 17.3 Å². The van der Waals surface area contributed by atoms with E-state index in [1.807, 2.05) is 60.7 Å². The van der Waals surface area contributed by atoms with Crippen molar-refractivity contribution < 1.29 is 9.84 Å². The van der Waals surface area contributed by atoms with Gasteiger partial charge in [-0.2, -0.15) is 9.61 Å². The van der Waals surface area contributed by atoms with Crippen LogP contribution in [0, 0.1) is 0 Å². The number of hydrogen-bond acceptors (Lipinski definition) is 8. The molecule has 0 spiro atoms. The molecule has 3 aromatic heterocycles. The molecule has 2 N–H and O–H groups in total. The number of benzene rings is 3. The molecule has 3 heterocycles. The van der Waals surface area contributed by atoms with Crippen LogP contribution in [0.2, 0.25) is 0 Å². The molecule has 0 saturated heterocycles. The number of hydrogen-bond donors (Lipinski definition) is 2. The number of ether oxygens (including phenoxy) is 1. The van der Waals surface area contributed by atoms with E-state index in [4.69, 9.17) is 4.74 Å². The zero-order valence-electron chi connectivity index (χ0n) is 19.2. The maximum atomic E-state index is 9.67. The van der Waals surface area contributed by atoms with Crippen LogP contribution in [0.15, 0.2) is 106 Å². The molecule has 6 aromatic rings. The third-order valence-electron chi connectivity index (χ3n) is 5.58. The summed E-state index contributed by atoms with van der Waals surface area (Å²) < 4.78 is 8.81. The van der Waals surface area contributed by atoms with Gasteiger partial charge in [-0.15, -0.1) is 0 Å². The van der Waals surface area contributed by atoms with Crippen LogP contribution in [0.4, 0.5) is 11.5 Å². The highest BCUT2D eigenvalue weighted by Gasteiger charge is 2.13. The highest BCUT2D eigenvalue weighted by atomic mass is 79.9. The molecule has 6 rings (SSSR count). The largest absolute Gasteiger partial charge is 0.508 e. The first kappa shape index (κ1) is 23.3. The molecular weight excluding hydrogens is 552 g/mol. The van der Waals surface area contributed by atoms with Gasteiger partial charge in [0.25, 0.3) is 0 Å². The summed E-state index contributed by atoms with van der Waals surface area (Å²) in [5.41, 5.74) is 3.24. The molecule has 0 fully saturated rings. The molecule has 8 nitrogen and oxygen atoms in total. The van der Waals surface area contributed by atoms with Crippen molar-refractivity contribution in [2.75, 3.05) is 5.32 Å². The first-order valence-corrected chi connectivity index (χ1v) is 12.9. The van der Waals surface area contributed by atoms with E-state index in [0.29, 0.717) is 29.5 Å². The molecule has 0 atom stereocenters. The number of phenols is 1. The number of aromatic nitrogens is 5. The summed E-state index contributed by atoms with van der Waals surface area (Å²) >= 11 is 5.07. The summed E-state index contributed by atoms with van der Waals surface area (Å²) in [7, 11) is 0. The quantitative estimate of drug-likeness (QED) is 0.221. The number of fused-ring (bicyclic) bond motifs is 3. The van der Waals surface area contributed by atoms with E-state index in [1.165, 1.54) is 6.33 Å².